The molecule has 0 spiro atoms. The van der Waals surface area contributed by atoms with Crippen LogP contribution in [-0.2, 0) is 0 Å². The topological polar surface area (TPSA) is 23.8 Å². The Labute approximate surface area is 144 Å². The minimum absolute atomic E-state index is 0.564. The lowest BCUT2D eigenvalue weighted by Crippen LogP contribution is -1.96. The molecule has 4 rings (SSSR count). The molecule has 0 fully saturated rings. The Morgan fingerprint density at radius 2 is 1.65 bits per heavy atom. The number of benzene rings is 3. The predicted octanol–water partition coefficient (Wildman–Crippen LogP) is 5.55. The van der Waals surface area contributed by atoms with Crippen molar-refractivity contribution >= 4 is 45.0 Å². The summed E-state index contributed by atoms with van der Waals surface area (Å²) in [5, 5.41) is 12.5. The number of nitrogens with zero attached hydrogens (tertiary/aromatic N) is 1. The Morgan fingerprint density at radius 1 is 0.913 bits per heavy atom. The van der Waals surface area contributed by atoms with Crippen molar-refractivity contribution in [2.45, 2.75) is 0 Å². The number of nitriles is 1. The molecule has 0 N–H and O–H groups in total. The summed E-state index contributed by atoms with van der Waals surface area (Å²) in [6.07, 6.45) is 0. The lowest BCUT2D eigenvalue weighted by Gasteiger charge is -2.08. The van der Waals surface area contributed by atoms with Crippen LogP contribution in [0.15, 0.2) is 66.2 Å². The minimum atomic E-state index is 0.564. The summed E-state index contributed by atoms with van der Waals surface area (Å²) in [6, 6.07) is 22.1. The molecule has 0 aromatic heterocycles. The first-order chi connectivity index (χ1) is 11.2. The molecule has 1 aliphatic carbocycles. The van der Waals surface area contributed by atoms with Crippen LogP contribution in [0.25, 0.3) is 16.3 Å². The van der Waals surface area contributed by atoms with E-state index in [-0.39, 0.29) is 0 Å². The van der Waals surface area contributed by atoms with Crippen molar-refractivity contribution < 1.29 is 0 Å². The standard InChI is InChI=1S/C20H10ClNS/c21-14-8-5-13(6-9-14)18-16-10-7-12-3-1-2-4-15(12)19(16)20(23)17(18)11-22/h1-10H. The number of fused-ring (bicyclic) bond motifs is 3. The van der Waals surface area contributed by atoms with E-state index in [1.807, 2.05) is 36.4 Å². The molecule has 0 amide bonds. The maximum absolute atomic E-state index is 9.65. The number of halogens is 1. The van der Waals surface area contributed by atoms with Gasteiger partial charge in [-0.25, -0.2) is 0 Å². The van der Waals surface area contributed by atoms with Gasteiger partial charge in [0.2, 0.25) is 0 Å². The Morgan fingerprint density at radius 3 is 2.39 bits per heavy atom. The number of thiocarbonyl (C=S) groups is 1. The third-order valence-electron chi connectivity index (χ3n) is 4.15. The van der Waals surface area contributed by atoms with Crippen molar-refractivity contribution in [2.75, 3.05) is 0 Å². The molecule has 0 bridgehead atoms. The van der Waals surface area contributed by atoms with Crippen LogP contribution in [-0.4, -0.2) is 4.86 Å². The highest BCUT2D eigenvalue weighted by Gasteiger charge is 2.29. The smallest absolute Gasteiger partial charge is 0.101 e. The third kappa shape index (κ3) is 2.09. The zero-order valence-electron chi connectivity index (χ0n) is 12.0. The number of allylic oxidation sites excluding steroid dienone is 1. The Kier molecular flexibility index (Phi) is 3.27. The van der Waals surface area contributed by atoms with Crippen LogP contribution >= 0.6 is 23.8 Å². The normalized spacial score (nSPS) is 13.3. The molecule has 0 aliphatic heterocycles. The summed E-state index contributed by atoms with van der Waals surface area (Å²) < 4.78 is 0. The van der Waals surface area contributed by atoms with Gasteiger partial charge >= 0.3 is 0 Å². The van der Waals surface area contributed by atoms with Crippen molar-refractivity contribution in [3.63, 3.8) is 0 Å². The van der Waals surface area contributed by atoms with E-state index in [1.165, 1.54) is 0 Å². The maximum Gasteiger partial charge on any atom is 0.101 e. The summed E-state index contributed by atoms with van der Waals surface area (Å²) in [5.41, 5.74) is 4.43. The van der Waals surface area contributed by atoms with Gasteiger partial charge in [0.15, 0.2) is 0 Å². The van der Waals surface area contributed by atoms with Gasteiger partial charge in [-0.05, 0) is 34.0 Å². The van der Waals surface area contributed by atoms with Crippen molar-refractivity contribution in [1.82, 2.24) is 0 Å². The fourth-order valence-corrected chi connectivity index (χ4v) is 3.61. The first kappa shape index (κ1) is 14.1. The summed E-state index contributed by atoms with van der Waals surface area (Å²) in [4.78, 5) is 0.629. The molecule has 23 heavy (non-hydrogen) atoms. The Hall–Kier alpha value is -2.47. The first-order valence-corrected chi connectivity index (χ1v) is 7.96. The Bertz CT molecular complexity index is 1040. The Balaban J connectivity index is 2.05. The van der Waals surface area contributed by atoms with Crippen molar-refractivity contribution in [3.8, 4) is 6.07 Å². The number of hydrogen-bond donors (Lipinski definition) is 0. The molecule has 3 aromatic rings. The van der Waals surface area contributed by atoms with Gasteiger partial charge in [-0.2, -0.15) is 5.26 Å². The minimum Gasteiger partial charge on any atom is -0.192 e. The van der Waals surface area contributed by atoms with E-state index < -0.39 is 0 Å². The molecular weight excluding hydrogens is 322 g/mol. The van der Waals surface area contributed by atoms with Gasteiger partial charge in [0.25, 0.3) is 0 Å². The van der Waals surface area contributed by atoms with E-state index in [0.717, 1.165) is 33.0 Å². The van der Waals surface area contributed by atoms with E-state index in [2.05, 4.69) is 30.3 Å². The van der Waals surface area contributed by atoms with Crippen molar-refractivity contribution in [2.24, 2.45) is 0 Å². The van der Waals surface area contributed by atoms with Crippen LogP contribution in [0, 0.1) is 11.3 Å². The molecule has 3 aromatic carbocycles. The van der Waals surface area contributed by atoms with Crippen LogP contribution in [0.2, 0.25) is 5.02 Å². The summed E-state index contributed by atoms with van der Waals surface area (Å²) >= 11 is 11.6. The molecule has 1 nitrogen and oxygen atoms in total. The first-order valence-electron chi connectivity index (χ1n) is 7.18. The van der Waals surface area contributed by atoms with E-state index in [0.29, 0.717) is 15.5 Å². The highest BCUT2D eigenvalue weighted by molar-refractivity contribution is 7.81. The van der Waals surface area contributed by atoms with Gasteiger partial charge in [0.1, 0.15) is 6.07 Å². The zero-order chi connectivity index (χ0) is 16.0. The van der Waals surface area contributed by atoms with Crippen molar-refractivity contribution in [1.29, 1.82) is 5.26 Å². The van der Waals surface area contributed by atoms with Crippen LogP contribution in [0.4, 0.5) is 0 Å². The second-order valence-corrected chi connectivity index (χ2v) is 6.25. The maximum atomic E-state index is 9.65. The lowest BCUT2D eigenvalue weighted by atomic mass is 9.95. The van der Waals surface area contributed by atoms with Crippen LogP contribution in [0.5, 0.6) is 0 Å². The van der Waals surface area contributed by atoms with E-state index in [9.17, 15) is 5.26 Å². The van der Waals surface area contributed by atoms with Gasteiger partial charge in [-0.3, -0.25) is 0 Å². The van der Waals surface area contributed by atoms with E-state index in [1.54, 1.807) is 0 Å². The lowest BCUT2D eigenvalue weighted by molar-refractivity contribution is 1.51. The average Bonchev–Trinajstić information content (AvgIpc) is 2.88. The highest BCUT2D eigenvalue weighted by atomic mass is 35.5. The molecule has 0 saturated carbocycles. The molecule has 0 heterocycles. The summed E-state index contributed by atoms with van der Waals surface area (Å²) in [5.74, 6) is 0. The highest BCUT2D eigenvalue weighted by Crippen LogP contribution is 2.41. The fraction of sp³-hybridized carbons (Fsp3) is 0. The zero-order valence-corrected chi connectivity index (χ0v) is 13.6. The molecule has 3 heteroatoms. The average molecular weight is 332 g/mol. The van der Waals surface area contributed by atoms with Crippen LogP contribution < -0.4 is 0 Å². The molecule has 0 atom stereocenters. The van der Waals surface area contributed by atoms with Crippen molar-refractivity contribution in [3.05, 3.63) is 87.9 Å². The van der Waals surface area contributed by atoms with Gasteiger partial charge < -0.3 is 0 Å². The van der Waals surface area contributed by atoms with Crippen LogP contribution in [0.3, 0.4) is 0 Å². The molecular formula is C20H10ClNS. The van der Waals surface area contributed by atoms with Gasteiger partial charge in [-0.1, -0.05) is 72.3 Å². The fourth-order valence-electron chi connectivity index (χ4n) is 3.12. The monoisotopic (exact) mass is 331 g/mol. The molecule has 1 aliphatic rings. The molecule has 0 radical (unpaired) electrons. The van der Waals surface area contributed by atoms with E-state index in [4.69, 9.17) is 23.8 Å². The second-order valence-electron chi connectivity index (χ2n) is 5.41. The largest absolute Gasteiger partial charge is 0.192 e. The van der Waals surface area contributed by atoms with E-state index >= 15 is 0 Å². The van der Waals surface area contributed by atoms with Gasteiger partial charge in [0.05, 0.1) is 10.4 Å². The third-order valence-corrected chi connectivity index (χ3v) is 4.81. The number of hydrogen-bond acceptors (Lipinski definition) is 2. The summed E-state index contributed by atoms with van der Waals surface area (Å²) in [6.45, 7) is 0. The molecule has 108 valence electrons. The SMILES string of the molecule is N#CC1=C(c2ccc(Cl)cc2)c2ccc3ccccc3c2C1=S. The number of rotatable bonds is 1. The van der Waals surface area contributed by atoms with Crippen LogP contribution in [0.1, 0.15) is 16.7 Å². The molecule has 0 saturated heterocycles. The second kappa shape index (κ2) is 5.31. The summed E-state index contributed by atoms with van der Waals surface area (Å²) in [7, 11) is 0. The quantitative estimate of drug-likeness (QED) is 0.546. The van der Waals surface area contributed by atoms with Gasteiger partial charge in [-0.15, -0.1) is 0 Å². The molecule has 0 unspecified atom stereocenters. The predicted molar refractivity (Wildman–Crippen MR) is 98.7 cm³/mol. The van der Waals surface area contributed by atoms with Gasteiger partial charge in [0, 0.05) is 16.2 Å².